The smallest absolute Gasteiger partial charge is 0.205 e. The quantitative estimate of drug-likeness (QED) is 0.725. The van der Waals surface area contributed by atoms with E-state index < -0.39 is 0 Å². The van der Waals surface area contributed by atoms with Gasteiger partial charge in [0.25, 0.3) is 0 Å². The summed E-state index contributed by atoms with van der Waals surface area (Å²) in [4.78, 5) is 8.22. The fraction of sp³-hybridized carbons (Fsp3) is 0.143. The van der Waals surface area contributed by atoms with Gasteiger partial charge < -0.3 is 4.42 Å². The van der Waals surface area contributed by atoms with Crippen molar-refractivity contribution in [1.29, 1.82) is 0 Å². The Morgan fingerprint density at radius 1 is 1.16 bits per heavy atom. The number of thioether (sulfide) groups is 1. The van der Waals surface area contributed by atoms with Crippen molar-refractivity contribution in [3.63, 3.8) is 0 Å². The maximum Gasteiger partial charge on any atom is 0.205 e. The van der Waals surface area contributed by atoms with Crippen LogP contribution in [0, 0.1) is 5.82 Å². The Morgan fingerprint density at radius 2 is 2.11 bits per heavy atom. The molecule has 0 fully saturated rings. The van der Waals surface area contributed by atoms with Crippen LogP contribution >= 0.6 is 11.8 Å². The van der Waals surface area contributed by atoms with E-state index in [1.807, 2.05) is 18.3 Å². The van der Waals surface area contributed by atoms with Crippen LogP contribution in [0.15, 0.2) is 47.1 Å². The molecule has 0 N–H and O–H groups in total. The fourth-order valence-corrected chi connectivity index (χ4v) is 2.57. The maximum absolute atomic E-state index is 13.4. The molecule has 2 aromatic heterocycles. The molecular weight excluding hydrogens is 263 g/mol. The average molecular weight is 274 g/mol. The largest absolute Gasteiger partial charge is 0.440 e. The average Bonchev–Trinajstić information content (AvgIpc) is 2.84. The van der Waals surface area contributed by atoms with Crippen molar-refractivity contribution in [3.05, 3.63) is 60.0 Å². The molecular formula is C14H11FN2OS. The van der Waals surface area contributed by atoms with Gasteiger partial charge in [0, 0.05) is 18.1 Å². The van der Waals surface area contributed by atoms with Crippen molar-refractivity contribution in [2.24, 2.45) is 0 Å². The highest BCUT2D eigenvalue weighted by Gasteiger charge is 2.09. The molecule has 96 valence electrons. The zero-order valence-electron chi connectivity index (χ0n) is 10.0. The molecule has 1 aromatic carbocycles. The second-order valence-corrected chi connectivity index (χ2v) is 5.03. The lowest BCUT2D eigenvalue weighted by atomic mass is 10.3. The van der Waals surface area contributed by atoms with Gasteiger partial charge in [0.05, 0.1) is 5.75 Å². The van der Waals surface area contributed by atoms with E-state index in [-0.39, 0.29) is 5.82 Å². The number of halogens is 1. The summed E-state index contributed by atoms with van der Waals surface area (Å²) in [5.74, 6) is 1.65. The van der Waals surface area contributed by atoms with E-state index >= 15 is 0 Å². The van der Waals surface area contributed by atoms with E-state index in [1.54, 1.807) is 30.1 Å². The Kier molecular flexibility index (Phi) is 3.46. The summed E-state index contributed by atoms with van der Waals surface area (Å²) < 4.78 is 18.9. The van der Waals surface area contributed by atoms with Crippen molar-refractivity contribution >= 4 is 22.9 Å². The van der Waals surface area contributed by atoms with E-state index in [0.717, 1.165) is 11.3 Å². The number of nitrogens with zero attached hydrogens (tertiary/aromatic N) is 2. The molecule has 0 atom stereocenters. The molecule has 5 heteroatoms. The van der Waals surface area contributed by atoms with Crippen LogP contribution < -0.4 is 0 Å². The van der Waals surface area contributed by atoms with Gasteiger partial charge in [-0.05, 0) is 23.8 Å². The number of hydrogen-bond acceptors (Lipinski definition) is 4. The van der Waals surface area contributed by atoms with E-state index in [0.29, 0.717) is 22.7 Å². The number of para-hydroxylation sites is 1. The molecule has 0 spiro atoms. The van der Waals surface area contributed by atoms with E-state index in [2.05, 4.69) is 9.97 Å². The van der Waals surface area contributed by atoms with Crippen LogP contribution in [0.2, 0.25) is 0 Å². The third-order valence-electron chi connectivity index (χ3n) is 2.63. The molecule has 0 radical (unpaired) electrons. The number of pyridine rings is 1. The van der Waals surface area contributed by atoms with Crippen LogP contribution in [0.4, 0.5) is 4.39 Å². The summed E-state index contributed by atoms with van der Waals surface area (Å²) >= 11 is 1.66. The van der Waals surface area contributed by atoms with Crippen LogP contribution in [0.25, 0.3) is 11.1 Å². The molecule has 3 rings (SSSR count). The Morgan fingerprint density at radius 3 is 2.89 bits per heavy atom. The predicted octanol–water partition coefficient (Wildman–Crippen LogP) is 3.80. The molecule has 0 saturated heterocycles. The Hall–Kier alpha value is -1.88. The van der Waals surface area contributed by atoms with Crippen molar-refractivity contribution < 1.29 is 8.81 Å². The van der Waals surface area contributed by atoms with Gasteiger partial charge in [-0.1, -0.05) is 12.1 Å². The Balaban J connectivity index is 1.67. The van der Waals surface area contributed by atoms with Gasteiger partial charge in [-0.25, -0.2) is 9.37 Å². The van der Waals surface area contributed by atoms with Crippen molar-refractivity contribution in [3.8, 4) is 0 Å². The normalized spacial score (nSPS) is 11.0. The maximum atomic E-state index is 13.4. The second kappa shape index (κ2) is 5.40. The number of fused-ring (bicyclic) bond motifs is 1. The Labute approximate surface area is 113 Å². The zero-order chi connectivity index (χ0) is 13.1. The summed E-state index contributed by atoms with van der Waals surface area (Å²) in [6, 6.07) is 8.66. The monoisotopic (exact) mass is 274 g/mol. The summed E-state index contributed by atoms with van der Waals surface area (Å²) in [5.41, 5.74) is 1.95. The van der Waals surface area contributed by atoms with Crippen LogP contribution in [0.5, 0.6) is 0 Å². The van der Waals surface area contributed by atoms with E-state index in [4.69, 9.17) is 4.42 Å². The molecule has 3 aromatic rings. The van der Waals surface area contributed by atoms with Gasteiger partial charge in [0.2, 0.25) is 5.89 Å². The second-order valence-electron chi connectivity index (χ2n) is 4.05. The molecule has 0 unspecified atom stereocenters. The first-order chi connectivity index (χ1) is 9.33. The lowest BCUT2D eigenvalue weighted by Gasteiger charge is -1.98. The third kappa shape index (κ3) is 2.76. The van der Waals surface area contributed by atoms with Gasteiger partial charge >= 0.3 is 0 Å². The number of oxazole rings is 1. The molecule has 0 bridgehead atoms. The molecule has 0 amide bonds. The van der Waals surface area contributed by atoms with Gasteiger partial charge in [0.1, 0.15) is 5.52 Å². The van der Waals surface area contributed by atoms with Crippen molar-refractivity contribution in [2.45, 2.75) is 11.5 Å². The lowest BCUT2D eigenvalue weighted by molar-refractivity contribution is 0.556. The summed E-state index contributed by atoms with van der Waals surface area (Å²) in [7, 11) is 0. The van der Waals surface area contributed by atoms with Crippen LogP contribution in [0.1, 0.15) is 11.5 Å². The van der Waals surface area contributed by atoms with Gasteiger partial charge in [0.15, 0.2) is 11.4 Å². The SMILES string of the molecule is Fc1cccc2oc(CSCc3cccnc3)nc12. The van der Waals surface area contributed by atoms with Crippen molar-refractivity contribution in [2.75, 3.05) is 0 Å². The molecule has 0 saturated carbocycles. The minimum atomic E-state index is -0.343. The molecule has 19 heavy (non-hydrogen) atoms. The number of benzene rings is 1. The number of rotatable bonds is 4. The first kappa shape index (κ1) is 12.2. The fourth-order valence-electron chi connectivity index (χ4n) is 1.76. The first-order valence-electron chi connectivity index (χ1n) is 5.83. The number of aromatic nitrogens is 2. The summed E-state index contributed by atoms with van der Waals surface area (Å²) in [6.45, 7) is 0. The summed E-state index contributed by atoms with van der Waals surface area (Å²) in [5, 5.41) is 0. The topological polar surface area (TPSA) is 38.9 Å². The predicted molar refractivity (Wildman–Crippen MR) is 73.2 cm³/mol. The summed E-state index contributed by atoms with van der Waals surface area (Å²) in [6.07, 6.45) is 3.58. The first-order valence-corrected chi connectivity index (χ1v) is 6.99. The van der Waals surface area contributed by atoms with Gasteiger partial charge in [-0.3, -0.25) is 4.98 Å². The molecule has 0 aliphatic carbocycles. The van der Waals surface area contributed by atoms with Gasteiger partial charge in [-0.15, -0.1) is 11.8 Å². The van der Waals surface area contributed by atoms with Gasteiger partial charge in [-0.2, -0.15) is 0 Å². The van der Waals surface area contributed by atoms with E-state index in [9.17, 15) is 4.39 Å². The zero-order valence-corrected chi connectivity index (χ0v) is 10.9. The van der Waals surface area contributed by atoms with Crippen LogP contribution in [0.3, 0.4) is 0 Å². The van der Waals surface area contributed by atoms with Crippen molar-refractivity contribution in [1.82, 2.24) is 9.97 Å². The molecule has 2 heterocycles. The van der Waals surface area contributed by atoms with Crippen LogP contribution in [-0.4, -0.2) is 9.97 Å². The minimum Gasteiger partial charge on any atom is -0.440 e. The molecule has 0 aliphatic rings. The molecule has 3 nitrogen and oxygen atoms in total. The van der Waals surface area contributed by atoms with E-state index in [1.165, 1.54) is 6.07 Å². The third-order valence-corrected chi connectivity index (χ3v) is 3.62. The van der Waals surface area contributed by atoms with Crippen LogP contribution in [-0.2, 0) is 11.5 Å². The Bertz CT molecular complexity index is 684. The minimum absolute atomic E-state index is 0.305. The molecule has 0 aliphatic heterocycles. The standard InChI is InChI=1S/C14H11FN2OS/c15-11-4-1-5-12-14(11)17-13(18-12)9-19-8-10-3-2-6-16-7-10/h1-7H,8-9H2. The number of hydrogen-bond donors (Lipinski definition) is 0. The lowest BCUT2D eigenvalue weighted by Crippen LogP contribution is -1.84. The highest BCUT2D eigenvalue weighted by atomic mass is 32.2. The highest BCUT2D eigenvalue weighted by molar-refractivity contribution is 7.97. The highest BCUT2D eigenvalue weighted by Crippen LogP contribution is 2.22.